The Hall–Kier alpha value is -4.10. The zero-order chi connectivity index (χ0) is 25.3. The molecule has 0 aliphatic carbocycles. The Kier molecular flexibility index (Phi) is 8.36. The highest BCUT2D eigenvalue weighted by Crippen LogP contribution is 2.29. The van der Waals surface area contributed by atoms with Crippen molar-refractivity contribution in [1.29, 1.82) is 0 Å². The van der Waals surface area contributed by atoms with Crippen LogP contribution in [-0.4, -0.2) is 28.9 Å². The predicted octanol–water partition coefficient (Wildman–Crippen LogP) is 6.66. The molecule has 0 saturated carbocycles. The normalized spacial score (nSPS) is 10.5. The number of amides is 1. The van der Waals surface area contributed by atoms with Crippen LogP contribution in [0.5, 0.6) is 11.5 Å². The molecular formula is C29H24BrNO5. The Bertz CT molecular complexity index is 1340. The van der Waals surface area contributed by atoms with E-state index in [0.717, 1.165) is 16.7 Å². The molecule has 0 fully saturated rings. The lowest BCUT2D eigenvalue weighted by Crippen LogP contribution is -2.16. The SMILES string of the molecule is O=C(O)c1ccc(-c2ccccc2)cc1NC(=O)c1cc(OCCBr)ccc1OCc1ccccc1. The Balaban J connectivity index is 1.66. The Morgan fingerprint density at radius 3 is 2.19 bits per heavy atom. The van der Waals surface area contributed by atoms with Crippen molar-refractivity contribution in [2.45, 2.75) is 6.61 Å². The highest BCUT2D eigenvalue weighted by Gasteiger charge is 2.19. The maximum absolute atomic E-state index is 13.4. The van der Waals surface area contributed by atoms with Gasteiger partial charge in [-0.1, -0.05) is 82.7 Å². The Morgan fingerprint density at radius 1 is 0.778 bits per heavy atom. The molecule has 4 rings (SSSR count). The lowest BCUT2D eigenvalue weighted by atomic mass is 10.0. The van der Waals surface area contributed by atoms with E-state index in [-0.39, 0.29) is 23.4 Å². The number of nitrogens with one attached hydrogen (secondary N) is 1. The number of carbonyl (C=O) groups is 2. The molecule has 0 aliphatic rings. The number of ether oxygens (including phenoxy) is 2. The number of hydrogen-bond acceptors (Lipinski definition) is 4. The quantitative estimate of drug-likeness (QED) is 0.218. The molecule has 2 N–H and O–H groups in total. The molecule has 0 saturated heterocycles. The third kappa shape index (κ3) is 6.31. The first-order valence-electron chi connectivity index (χ1n) is 11.3. The second-order valence-corrected chi connectivity index (χ2v) is 8.65. The second-order valence-electron chi connectivity index (χ2n) is 7.86. The molecule has 0 atom stereocenters. The van der Waals surface area contributed by atoms with Gasteiger partial charge in [-0.05, 0) is 47.0 Å². The zero-order valence-corrected chi connectivity index (χ0v) is 20.9. The standard InChI is InChI=1S/C29H24BrNO5/c30-15-16-35-23-12-14-27(36-19-20-7-3-1-4-8-20)25(18-23)28(32)31-26-17-22(11-13-24(26)29(33)34)21-9-5-2-6-10-21/h1-14,17-18H,15-16,19H2,(H,31,32)(H,33,34). The summed E-state index contributed by atoms with van der Waals surface area (Å²) in [7, 11) is 0. The molecule has 36 heavy (non-hydrogen) atoms. The van der Waals surface area contributed by atoms with Gasteiger partial charge in [0, 0.05) is 5.33 Å². The average molecular weight is 546 g/mol. The number of halogens is 1. The van der Waals surface area contributed by atoms with Gasteiger partial charge in [-0.2, -0.15) is 0 Å². The Morgan fingerprint density at radius 2 is 1.50 bits per heavy atom. The second kappa shape index (κ2) is 12.0. The summed E-state index contributed by atoms with van der Waals surface area (Å²) in [6.07, 6.45) is 0. The third-order valence-corrected chi connectivity index (χ3v) is 5.71. The monoisotopic (exact) mass is 545 g/mol. The van der Waals surface area contributed by atoms with Crippen molar-refractivity contribution in [1.82, 2.24) is 0 Å². The molecule has 182 valence electrons. The highest BCUT2D eigenvalue weighted by atomic mass is 79.9. The third-order valence-electron chi connectivity index (χ3n) is 5.38. The minimum atomic E-state index is -1.14. The van der Waals surface area contributed by atoms with Crippen molar-refractivity contribution < 1.29 is 24.2 Å². The van der Waals surface area contributed by atoms with Gasteiger partial charge in [0.25, 0.3) is 5.91 Å². The van der Waals surface area contributed by atoms with Gasteiger partial charge in [0.15, 0.2) is 0 Å². The number of rotatable bonds is 10. The number of alkyl halides is 1. The largest absolute Gasteiger partial charge is 0.493 e. The molecule has 4 aromatic carbocycles. The first-order chi connectivity index (χ1) is 17.5. The molecule has 1 amide bonds. The molecule has 0 radical (unpaired) electrons. The fraction of sp³-hybridized carbons (Fsp3) is 0.103. The maximum Gasteiger partial charge on any atom is 0.337 e. The summed E-state index contributed by atoms with van der Waals surface area (Å²) in [5.74, 6) is -0.781. The summed E-state index contributed by atoms with van der Waals surface area (Å²) in [6.45, 7) is 0.695. The van der Waals surface area contributed by atoms with Crippen molar-refractivity contribution in [3.63, 3.8) is 0 Å². The van der Waals surface area contributed by atoms with Crippen LogP contribution in [0.25, 0.3) is 11.1 Å². The molecule has 0 spiro atoms. The molecule has 0 unspecified atom stereocenters. The molecule has 4 aromatic rings. The summed E-state index contributed by atoms with van der Waals surface area (Å²) >= 11 is 3.33. The smallest absolute Gasteiger partial charge is 0.337 e. The van der Waals surface area contributed by atoms with Crippen LogP contribution in [-0.2, 0) is 6.61 Å². The molecule has 0 heterocycles. The summed E-state index contributed by atoms with van der Waals surface area (Å²) in [4.78, 5) is 25.3. The van der Waals surface area contributed by atoms with Gasteiger partial charge in [0.05, 0.1) is 23.4 Å². The summed E-state index contributed by atoms with van der Waals surface area (Å²) < 4.78 is 11.6. The van der Waals surface area contributed by atoms with Gasteiger partial charge < -0.3 is 19.9 Å². The van der Waals surface area contributed by atoms with Crippen LogP contribution < -0.4 is 14.8 Å². The Labute approximate surface area is 217 Å². The van der Waals surface area contributed by atoms with Crippen LogP contribution in [0.2, 0.25) is 0 Å². The molecule has 0 aliphatic heterocycles. The number of carboxylic acid groups (broad SMARTS) is 1. The van der Waals surface area contributed by atoms with Gasteiger partial charge >= 0.3 is 5.97 Å². The van der Waals surface area contributed by atoms with E-state index in [1.165, 1.54) is 6.07 Å². The lowest BCUT2D eigenvalue weighted by molar-refractivity contribution is 0.0698. The van der Waals surface area contributed by atoms with E-state index in [9.17, 15) is 14.7 Å². The molecule has 7 heteroatoms. The highest BCUT2D eigenvalue weighted by molar-refractivity contribution is 9.09. The fourth-order valence-electron chi connectivity index (χ4n) is 3.63. The van der Waals surface area contributed by atoms with Crippen molar-refractivity contribution >= 4 is 33.5 Å². The van der Waals surface area contributed by atoms with Gasteiger partial charge in [-0.3, -0.25) is 4.79 Å². The van der Waals surface area contributed by atoms with E-state index in [1.807, 2.05) is 60.7 Å². The van der Waals surface area contributed by atoms with E-state index >= 15 is 0 Å². The van der Waals surface area contributed by atoms with Gasteiger partial charge in [-0.15, -0.1) is 0 Å². The van der Waals surface area contributed by atoms with Crippen LogP contribution in [0, 0.1) is 0 Å². The van der Waals surface area contributed by atoms with Crippen LogP contribution in [0.15, 0.2) is 97.1 Å². The van der Waals surface area contributed by atoms with Crippen molar-refractivity contribution in [2.75, 3.05) is 17.3 Å². The zero-order valence-electron chi connectivity index (χ0n) is 19.3. The molecule has 0 bridgehead atoms. The maximum atomic E-state index is 13.4. The van der Waals surface area contributed by atoms with Crippen molar-refractivity contribution in [3.05, 3.63) is 114 Å². The van der Waals surface area contributed by atoms with Gasteiger partial charge in [0.1, 0.15) is 18.1 Å². The first-order valence-corrected chi connectivity index (χ1v) is 12.4. The number of carbonyl (C=O) groups excluding carboxylic acids is 1. The van der Waals surface area contributed by atoms with E-state index < -0.39 is 11.9 Å². The number of hydrogen-bond donors (Lipinski definition) is 2. The average Bonchev–Trinajstić information content (AvgIpc) is 2.91. The van der Waals surface area contributed by atoms with E-state index in [2.05, 4.69) is 21.2 Å². The fourth-order valence-corrected chi connectivity index (χ4v) is 3.79. The minimum Gasteiger partial charge on any atom is -0.493 e. The van der Waals surface area contributed by atoms with E-state index in [4.69, 9.17) is 9.47 Å². The number of benzene rings is 4. The summed E-state index contributed by atoms with van der Waals surface area (Å²) in [5, 5.41) is 13.1. The number of aromatic carboxylic acids is 1. The molecule has 6 nitrogen and oxygen atoms in total. The summed E-state index contributed by atoms with van der Waals surface area (Å²) in [5.41, 5.74) is 3.05. The number of carboxylic acids is 1. The first kappa shape index (κ1) is 25.0. The molecular weight excluding hydrogens is 522 g/mol. The van der Waals surface area contributed by atoms with Crippen LogP contribution >= 0.6 is 15.9 Å². The van der Waals surface area contributed by atoms with E-state index in [0.29, 0.717) is 23.4 Å². The van der Waals surface area contributed by atoms with E-state index in [1.54, 1.807) is 30.3 Å². The van der Waals surface area contributed by atoms with Gasteiger partial charge in [0.2, 0.25) is 0 Å². The van der Waals surface area contributed by atoms with Crippen molar-refractivity contribution in [3.8, 4) is 22.6 Å². The number of anilines is 1. The van der Waals surface area contributed by atoms with Crippen molar-refractivity contribution in [2.24, 2.45) is 0 Å². The predicted molar refractivity (Wildman–Crippen MR) is 143 cm³/mol. The minimum absolute atomic E-state index is 0.0125. The summed E-state index contributed by atoms with van der Waals surface area (Å²) in [6, 6.07) is 29.0. The lowest BCUT2D eigenvalue weighted by Gasteiger charge is -2.15. The van der Waals surface area contributed by atoms with Gasteiger partial charge in [-0.25, -0.2) is 4.79 Å². The topological polar surface area (TPSA) is 84.9 Å². The molecule has 0 aromatic heterocycles. The van der Waals surface area contributed by atoms with Crippen LogP contribution in [0.1, 0.15) is 26.3 Å². The van der Waals surface area contributed by atoms with Crippen LogP contribution in [0.3, 0.4) is 0 Å². The van der Waals surface area contributed by atoms with Crippen LogP contribution in [0.4, 0.5) is 5.69 Å².